The minimum absolute atomic E-state index is 0.300. The second-order valence-electron chi connectivity index (χ2n) is 4.44. The van der Waals surface area contributed by atoms with Crippen molar-refractivity contribution in [2.45, 2.75) is 26.6 Å². The van der Waals surface area contributed by atoms with Gasteiger partial charge in [-0.15, -0.1) is 15.8 Å². The van der Waals surface area contributed by atoms with E-state index in [1.807, 2.05) is 0 Å². The predicted octanol–water partition coefficient (Wildman–Crippen LogP) is 1.41. The number of fused-ring (bicyclic) bond motifs is 1. The first-order valence-corrected chi connectivity index (χ1v) is 6.30. The molecule has 0 radical (unpaired) electrons. The van der Waals surface area contributed by atoms with E-state index >= 15 is 0 Å². The molecule has 1 aliphatic heterocycles. The van der Waals surface area contributed by atoms with Crippen LogP contribution in [0.25, 0.3) is 5.98 Å². The lowest BCUT2D eigenvalue weighted by Crippen LogP contribution is -2.25. The Bertz CT molecular complexity index is 507. The molecule has 1 heterocycles. The first kappa shape index (κ1) is 11.6. The van der Waals surface area contributed by atoms with Gasteiger partial charge in [-0.2, -0.15) is 0 Å². The van der Waals surface area contributed by atoms with Gasteiger partial charge in [0.1, 0.15) is 0 Å². The molecular formula is C13H17BNP. The van der Waals surface area contributed by atoms with E-state index in [2.05, 4.69) is 47.8 Å². The van der Waals surface area contributed by atoms with Crippen molar-refractivity contribution >= 4 is 27.4 Å². The molecular weight excluding hydrogens is 212 g/mol. The number of rotatable bonds is 3. The second-order valence-corrected chi connectivity index (χ2v) is 5.06. The molecule has 1 nitrogen and oxygen atoms in total. The van der Waals surface area contributed by atoms with Crippen LogP contribution in [0.2, 0.25) is 6.32 Å². The Hall–Kier alpha value is -0.875. The minimum atomic E-state index is 0.300. The summed E-state index contributed by atoms with van der Waals surface area (Å²) in [6.45, 7) is 8.62. The average molecular weight is 229 g/mol. The average Bonchev–Trinajstić information content (AvgIpc) is 2.60. The molecule has 0 amide bonds. The summed E-state index contributed by atoms with van der Waals surface area (Å²) in [5.74, 6) is 2.25. The van der Waals surface area contributed by atoms with Gasteiger partial charge in [-0.25, -0.2) is 0 Å². The van der Waals surface area contributed by atoms with Gasteiger partial charge in [0.2, 0.25) is 0 Å². The van der Waals surface area contributed by atoms with Gasteiger partial charge in [0.25, 0.3) is 0 Å². The normalized spacial score (nSPS) is 13.1. The van der Waals surface area contributed by atoms with Gasteiger partial charge < -0.3 is 4.90 Å². The summed E-state index contributed by atoms with van der Waals surface area (Å²) in [6, 6.07) is 4.37. The van der Waals surface area contributed by atoms with E-state index in [1.54, 1.807) is 0 Å². The van der Waals surface area contributed by atoms with Gasteiger partial charge in [0, 0.05) is 5.36 Å². The topological polar surface area (TPSA) is 12.4 Å². The zero-order valence-electron chi connectivity index (χ0n) is 9.96. The quantitative estimate of drug-likeness (QED) is 0.422. The van der Waals surface area contributed by atoms with Gasteiger partial charge in [-0.3, -0.25) is 0 Å². The van der Waals surface area contributed by atoms with E-state index in [0.29, 0.717) is 6.85 Å². The summed E-state index contributed by atoms with van der Waals surface area (Å²) in [7, 11) is 2.78. The van der Waals surface area contributed by atoms with Gasteiger partial charge >= 0.3 is 6.85 Å². The monoisotopic (exact) mass is 229 g/mol. The van der Waals surface area contributed by atoms with E-state index in [4.69, 9.17) is 4.90 Å². The van der Waals surface area contributed by atoms with Crippen molar-refractivity contribution < 1.29 is 0 Å². The lowest BCUT2D eigenvalue weighted by molar-refractivity contribution is 1.10. The third kappa shape index (κ3) is 2.27. The maximum atomic E-state index is 4.72. The molecule has 1 aliphatic rings. The zero-order chi connectivity index (χ0) is 11.7. The SMILES string of the molecule is C=C(CC)CB1C=c2cc(P)c(C)cc2=N1. The first-order valence-electron chi connectivity index (χ1n) is 5.72. The molecule has 1 atom stereocenters. The molecule has 0 N–H and O–H groups in total. The number of allylic oxidation sites excluding steroid dienone is 1. The van der Waals surface area contributed by atoms with Crippen LogP contribution in [0.15, 0.2) is 29.2 Å². The van der Waals surface area contributed by atoms with E-state index < -0.39 is 0 Å². The van der Waals surface area contributed by atoms with E-state index in [9.17, 15) is 0 Å². The Kier molecular flexibility index (Phi) is 3.30. The van der Waals surface area contributed by atoms with Crippen LogP contribution in [-0.4, -0.2) is 6.85 Å². The van der Waals surface area contributed by atoms with Crippen LogP contribution in [-0.2, 0) is 0 Å². The molecule has 2 rings (SSSR count). The Morgan fingerprint density at radius 3 is 2.94 bits per heavy atom. The lowest BCUT2D eigenvalue weighted by Gasteiger charge is -2.01. The fourth-order valence-corrected chi connectivity index (χ4v) is 2.20. The predicted molar refractivity (Wildman–Crippen MR) is 75.8 cm³/mol. The van der Waals surface area contributed by atoms with Crippen LogP contribution in [0, 0.1) is 6.92 Å². The fraction of sp³-hybridized carbons (Fsp3) is 0.308. The van der Waals surface area contributed by atoms with Crippen molar-refractivity contribution in [3.8, 4) is 0 Å². The summed E-state index contributed by atoms with van der Waals surface area (Å²) in [5.41, 5.74) is 2.57. The molecule has 0 bridgehead atoms. The highest BCUT2D eigenvalue weighted by Crippen LogP contribution is 2.10. The van der Waals surface area contributed by atoms with Crippen LogP contribution in [0.1, 0.15) is 18.9 Å². The van der Waals surface area contributed by atoms with Crippen LogP contribution in [0.5, 0.6) is 0 Å². The van der Waals surface area contributed by atoms with Crippen molar-refractivity contribution in [1.29, 1.82) is 0 Å². The van der Waals surface area contributed by atoms with Crippen molar-refractivity contribution in [3.63, 3.8) is 0 Å². The molecule has 0 saturated heterocycles. The third-order valence-electron chi connectivity index (χ3n) is 3.09. The molecule has 3 heteroatoms. The number of hydrogen-bond donors (Lipinski definition) is 0. The summed E-state index contributed by atoms with van der Waals surface area (Å²) in [6.07, 6.45) is 2.03. The molecule has 0 saturated carbocycles. The fourth-order valence-electron chi connectivity index (χ4n) is 1.94. The number of hydrogen-bond acceptors (Lipinski definition) is 1. The van der Waals surface area contributed by atoms with Crippen molar-refractivity contribution in [1.82, 2.24) is 0 Å². The van der Waals surface area contributed by atoms with Crippen molar-refractivity contribution in [2.24, 2.45) is 4.90 Å². The smallest absolute Gasteiger partial charge is 0.309 e. The molecule has 0 aromatic heterocycles. The molecule has 1 aromatic rings. The maximum absolute atomic E-state index is 4.72. The molecule has 0 aliphatic carbocycles. The molecule has 82 valence electrons. The maximum Gasteiger partial charge on any atom is 0.309 e. The largest absolute Gasteiger partial charge is 0.335 e. The Balaban J connectivity index is 2.33. The summed E-state index contributed by atoms with van der Waals surface area (Å²) in [4.78, 5) is 4.72. The number of benzene rings is 1. The Morgan fingerprint density at radius 2 is 2.25 bits per heavy atom. The summed E-state index contributed by atoms with van der Waals surface area (Å²) >= 11 is 0. The molecule has 1 unspecified atom stereocenters. The van der Waals surface area contributed by atoms with Crippen LogP contribution >= 0.6 is 9.24 Å². The van der Waals surface area contributed by atoms with Gasteiger partial charge in [-0.1, -0.05) is 18.5 Å². The molecule has 0 spiro atoms. The van der Waals surface area contributed by atoms with Crippen molar-refractivity contribution in [3.05, 3.63) is 40.4 Å². The summed E-state index contributed by atoms with van der Waals surface area (Å²) in [5, 5.41) is 3.67. The van der Waals surface area contributed by atoms with Gasteiger partial charge in [-0.05, 0) is 47.9 Å². The van der Waals surface area contributed by atoms with Gasteiger partial charge in [0.05, 0.1) is 0 Å². The highest BCUT2D eigenvalue weighted by atomic mass is 31.0. The van der Waals surface area contributed by atoms with E-state index in [-0.39, 0.29) is 0 Å². The minimum Gasteiger partial charge on any atom is -0.335 e. The molecule has 0 fully saturated rings. The van der Waals surface area contributed by atoms with Crippen LogP contribution in [0.4, 0.5) is 0 Å². The zero-order valence-corrected chi connectivity index (χ0v) is 11.1. The Labute approximate surface area is 99.7 Å². The lowest BCUT2D eigenvalue weighted by atomic mass is 9.59. The first-order chi connectivity index (χ1) is 7.60. The van der Waals surface area contributed by atoms with Crippen LogP contribution in [0.3, 0.4) is 0 Å². The Morgan fingerprint density at radius 1 is 1.50 bits per heavy atom. The van der Waals surface area contributed by atoms with E-state index in [0.717, 1.165) is 18.1 Å². The van der Waals surface area contributed by atoms with E-state index in [1.165, 1.54) is 21.7 Å². The highest BCUT2D eigenvalue weighted by molar-refractivity contribution is 7.27. The summed E-state index contributed by atoms with van der Waals surface area (Å²) < 4.78 is 0. The van der Waals surface area contributed by atoms with Crippen LogP contribution < -0.4 is 15.9 Å². The third-order valence-corrected chi connectivity index (χ3v) is 3.71. The highest BCUT2D eigenvalue weighted by Gasteiger charge is 2.15. The standard InChI is InChI=1S/C13H17BNP/c1-4-9(2)7-14-8-11-6-13(16)10(3)5-12(11)15-14/h5-6,8H,2,4,7,16H2,1,3H3. The second kappa shape index (κ2) is 4.55. The molecule has 16 heavy (non-hydrogen) atoms. The molecule has 1 aromatic carbocycles. The van der Waals surface area contributed by atoms with Gasteiger partial charge in [0.15, 0.2) is 0 Å². The van der Waals surface area contributed by atoms with Crippen molar-refractivity contribution in [2.75, 3.05) is 0 Å². The number of nitrogens with zero attached hydrogens (tertiary/aromatic N) is 1. The number of aryl methyl sites for hydroxylation is 1.